The molecule has 2 fully saturated rings. The van der Waals surface area contributed by atoms with Gasteiger partial charge in [-0.1, -0.05) is 17.4 Å². The van der Waals surface area contributed by atoms with E-state index >= 15 is 0 Å². The van der Waals surface area contributed by atoms with Crippen molar-refractivity contribution in [2.45, 2.75) is 25.4 Å². The molecule has 1 aliphatic carbocycles. The molecule has 1 saturated carbocycles. The Morgan fingerprint density at radius 2 is 2.00 bits per heavy atom. The lowest BCUT2D eigenvalue weighted by molar-refractivity contribution is 0.0955. The molecule has 7 nitrogen and oxygen atoms in total. The van der Waals surface area contributed by atoms with Crippen LogP contribution in [0, 0.1) is 0 Å². The van der Waals surface area contributed by atoms with Gasteiger partial charge in [-0.05, 0) is 30.5 Å². The third-order valence-electron chi connectivity index (χ3n) is 5.12. The highest BCUT2D eigenvalue weighted by Crippen LogP contribution is 2.33. The average Bonchev–Trinajstić information content (AvgIpc) is 3.18. The zero-order valence-corrected chi connectivity index (χ0v) is 15.8. The monoisotopic (exact) mass is 386 g/mol. The summed E-state index contributed by atoms with van der Waals surface area (Å²) in [6.45, 7) is 4.99. The molecular formula is C19H22N4O3S. The van der Waals surface area contributed by atoms with Crippen molar-refractivity contribution >= 4 is 22.4 Å². The number of nitrogens with one attached hydrogen (secondary N) is 1. The lowest BCUT2D eigenvalue weighted by Gasteiger charge is -2.34. The van der Waals surface area contributed by atoms with E-state index in [0.717, 1.165) is 62.2 Å². The maximum absolute atomic E-state index is 12.1. The Hall–Kier alpha value is -2.32. The summed E-state index contributed by atoms with van der Waals surface area (Å²) in [5.41, 5.74) is 1.24. The third kappa shape index (κ3) is 3.72. The predicted molar refractivity (Wildman–Crippen MR) is 103 cm³/mol. The van der Waals surface area contributed by atoms with E-state index in [9.17, 15) is 4.79 Å². The highest BCUT2D eigenvalue weighted by atomic mass is 32.1. The molecule has 3 aliphatic rings. The van der Waals surface area contributed by atoms with Gasteiger partial charge in [-0.25, -0.2) is 4.98 Å². The summed E-state index contributed by atoms with van der Waals surface area (Å²) in [6, 6.07) is 6.53. The van der Waals surface area contributed by atoms with Crippen LogP contribution in [-0.2, 0) is 6.54 Å². The predicted octanol–water partition coefficient (Wildman–Crippen LogP) is 2.09. The van der Waals surface area contributed by atoms with Gasteiger partial charge in [0.1, 0.15) is 4.88 Å². The zero-order chi connectivity index (χ0) is 18.2. The van der Waals surface area contributed by atoms with Crippen LogP contribution in [0.1, 0.15) is 28.1 Å². The fourth-order valence-corrected chi connectivity index (χ4v) is 4.27. The zero-order valence-electron chi connectivity index (χ0n) is 15.0. The topological polar surface area (TPSA) is 66.9 Å². The number of carbonyl (C=O) groups excluding carboxylic acids is 1. The van der Waals surface area contributed by atoms with Gasteiger partial charge in [0.05, 0.1) is 6.20 Å². The Labute approximate surface area is 161 Å². The first kappa shape index (κ1) is 16.8. The van der Waals surface area contributed by atoms with E-state index in [0.29, 0.717) is 17.7 Å². The number of rotatable bonds is 5. The summed E-state index contributed by atoms with van der Waals surface area (Å²) >= 11 is 1.49. The summed E-state index contributed by atoms with van der Waals surface area (Å²) in [6.07, 6.45) is 3.90. The average molecular weight is 386 g/mol. The fourth-order valence-electron chi connectivity index (χ4n) is 3.40. The van der Waals surface area contributed by atoms with Gasteiger partial charge in [0, 0.05) is 38.8 Å². The van der Waals surface area contributed by atoms with Crippen molar-refractivity contribution in [2.75, 3.05) is 37.9 Å². The van der Waals surface area contributed by atoms with Gasteiger partial charge in [0.2, 0.25) is 6.79 Å². The molecule has 8 heteroatoms. The Kier molecular flexibility index (Phi) is 4.37. The van der Waals surface area contributed by atoms with Crippen LogP contribution in [0.5, 0.6) is 11.5 Å². The molecule has 1 amide bonds. The van der Waals surface area contributed by atoms with Gasteiger partial charge in [-0.3, -0.25) is 9.69 Å². The lowest BCUT2D eigenvalue weighted by Crippen LogP contribution is -2.45. The minimum absolute atomic E-state index is 0.0164. The second-order valence-electron chi connectivity index (χ2n) is 7.21. The number of anilines is 1. The molecule has 1 N–H and O–H groups in total. The molecule has 0 bridgehead atoms. The quantitative estimate of drug-likeness (QED) is 0.849. The molecule has 1 saturated heterocycles. The van der Waals surface area contributed by atoms with Crippen LogP contribution in [0.15, 0.2) is 24.4 Å². The first-order chi connectivity index (χ1) is 13.2. The Morgan fingerprint density at radius 1 is 1.19 bits per heavy atom. The van der Waals surface area contributed by atoms with Gasteiger partial charge in [-0.15, -0.1) is 0 Å². The molecule has 0 radical (unpaired) electrons. The summed E-state index contributed by atoms with van der Waals surface area (Å²) in [7, 11) is 0. The van der Waals surface area contributed by atoms with Crippen molar-refractivity contribution in [1.29, 1.82) is 0 Å². The maximum Gasteiger partial charge on any atom is 0.263 e. The molecule has 2 aromatic rings. The largest absolute Gasteiger partial charge is 0.454 e. The lowest BCUT2D eigenvalue weighted by atomic mass is 10.1. The molecule has 1 aromatic heterocycles. The smallest absolute Gasteiger partial charge is 0.263 e. The van der Waals surface area contributed by atoms with E-state index < -0.39 is 0 Å². The van der Waals surface area contributed by atoms with E-state index in [1.807, 2.05) is 6.07 Å². The van der Waals surface area contributed by atoms with Crippen LogP contribution in [0.3, 0.4) is 0 Å². The Balaban J connectivity index is 1.15. The van der Waals surface area contributed by atoms with Crippen LogP contribution in [-0.4, -0.2) is 54.8 Å². The maximum atomic E-state index is 12.1. The van der Waals surface area contributed by atoms with Gasteiger partial charge in [0.25, 0.3) is 5.91 Å². The number of benzene rings is 1. The van der Waals surface area contributed by atoms with E-state index in [4.69, 9.17) is 9.47 Å². The summed E-state index contributed by atoms with van der Waals surface area (Å²) in [4.78, 5) is 22.0. The molecule has 27 heavy (non-hydrogen) atoms. The van der Waals surface area contributed by atoms with E-state index in [-0.39, 0.29) is 5.91 Å². The Bertz CT molecular complexity index is 843. The number of piperazine rings is 1. The van der Waals surface area contributed by atoms with Crippen LogP contribution >= 0.6 is 11.3 Å². The van der Waals surface area contributed by atoms with Crippen molar-refractivity contribution < 1.29 is 14.3 Å². The standard InChI is InChI=1S/C19H22N4O3S/c24-18(21-14-2-3-14)17-10-20-19(27-17)23-7-5-22(6-8-23)11-13-1-4-15-16(9-13)26-12-25-15/h1,4,9-10,14H,2-3,5-8,11-12H2,(H,21,24). The molecule has 3 heterocycles. The minimum Gasteiger partial charge on any atom is -0.454 e. The van der Waals surface area contributed by atoms with Gasteiger partial charge >= 0.3 is 0 Å². The molecule has 142 valence electrons. The van der Waals surface area contributed by atoms with Gasteiger partial charge in [-0.2, -0.15) is 0 Å². The summed E-state index contributed by atoms with van der Waals surface area (Å²) < 4.78 is 10.8. The molecule has 0 unspecified atom stereocenters. The van der Waals surface area contributed by atoms with Crippen molar-refractivity contribution in [3.63, 3.8) is 0 Å². The van der Waals surface area contributed by atoms with Crippen molar-refractivity contribution in [1.82, 2.24) is 15.2 Å². The number of nitrogens with zero attached hydrogens (tertiary/aromatic N) is 3. The number of thiazole rings is 1. The SMILES string of the molecule is O=C(NC1CC1)c1cnc(N2CCN(Cc3ccc4c(c3)OCO4)CC2)s1. The highest BCUT2D eigenvalue weighted by Gasteiger charge is 2.26. The summed E-state index contributed by atoms with van der Waals surface area (Å²) in [5.74, 6) is 1.68. The summed E-state index contributed by atoms with van der Waals surface area (Å²) in [5, 5.41) is 3.97. The van der Waals surface area contributed by atoms with E-state index in [1.54, 1.807) is 6.20 Å². The van der Waals surface area contributed by atoms with Gasteiger partial charge < -0.3 is 19.7 Å². The first-order valence-corrected chi connectivity index (χ1v) is 10.2. The number of ether oxygens (including phenoxy) is 2. The number of hydrogen-bond donors (Lipinski definition) is 1. The normalized spacial score (nSPS) is 19.3. The molecule has 2 aliphatic heterocycles. The molecular weight excluding hydrogens is 364 g/mol. The number of hydrogen-bond acceptors (Lipinski definition) is 7. The molecule has 0 atom stereocenters. The molecule has 1 aromatic carbocycles. The minimum atomic E-state index is 0.0164. The van der Waals surface area contributed by atoms with Crippen LogP contribution in [0.25, 0.3) is 0 Å². The van der Waals surface area contributed by atoms with Crippen LogP contribution in [0.4, 0.5) is 5.13 Å². The number of fused-ring (bicyclic) bond motifs is 1. The molecule has 0 spiro atoms. The van der Waals surface area contributed by atoms with Crippen molar-refractivity contribution in [3.05, 3.63) is 34.8 Å². The third-order valence-corrected chi connectivity index (χ3v) is 6.17. The Morgan fingerprint density at radius 3 is 2.81 bits per heavy atom. The molecule has 5 rings (SSSR count). The van der Waals surface area contributed by atoms with Crippen molar-refractivity contribution in [2.24, 2.45) is 0 Å². The van der Waals surface area contributed by atoms with Crippen molar-refractivity contribution in [3.8, 4) is 11.5 Å². The first-order valence-electron chi connectivity index (χ1n) is 9.37. The number of carbonyl (C=O) groups is 1. The highest BCUT2D eigenvalue weighted by molar-refractivity contribution is 7.17. The van der Waals surface area contributed by atoms with Gasteiger partial charge in [0.15, 0.2) is 16.6 Å². The van der Waals surface area contributed by atoms with E-state index in [1.165, 1.54) is 16.9 Å². The van der Waals surface area contributed by atoms with Crippen LogP contribution in [0.2, 0.25) is 0 Å². The fraction of sp³-hybridized carbons (Fsp3) is 0.474. The number of aromatic nitrogens is 1. The van der Waals surface area contributed by atoms with E-state index in [2.05, 4.69) is 32.2 Å². The second-order valence-corrected chi connectivity index (χ2v) is 8.21. The van der Waals surface area contributed by atoms with Crippen LogP contribution < -0.4 is 19.7 Å². The number of amides is 1. The second kappa shape index (κ2) is 7.01.